The molecule has 5 atom stereocenters. The molecule has 5 unspecified atom stereocenters. The zero-order valence-electron chi connectivity index (χ0n) is 18.5. The number of rotatable bonds is 5. The predicted molar refractivity (Wildman–Crippen MR) is 128 cm³/mol. The van der Waals surface area contributed by atoms with E-state index in [2.05, 4.69) is 61.5 Å². The highest BCUT2D eigenvalue weighted by Crippen LogP contribution is 2.63. The first-order valence-corrected chi connectivity index (χ1v) is 13.2. The number of fused-ring (bicyclic) bond motifs is 5. The molecule has 32 heavy (non-hydrogen) atoms. The van der Waals surface area contributed by atoms with E-state index < -0.39 is 0 Å². The number of benzene rings is 3. The summed E-state index contributed by atoms with van der Waals surface area (Å²) in [6.45, 7) is 2.23. The lowest BCUT2D eigenvalue weighted by Gasteiger charge is -2.40. The predicted octanol–water partition coefficient (Wildman–Crippen LogP) is 7.51. The lowest BCUT2D eigenvalue weighted by Crippen LogP contribution is -2.43. The molecular formula is C29H30FOS+. The van der Waals surface area contributed by atoms with Crippen LogP contribution in [0.3, 0.4) is 0 Å². The van der Waals surface area contributed by atoms with Gasteiger partial charge in [-0.1, -0.05) is 42.8 Å². The maximum atomic E-state index is 15.5. The van der Waals surface area contributed by atoms with Crippen molar-refractivity contribution in [2.24, 2.45) is 23.7 Å². The summed E-state index contributed by atoms with van der Waals surface area (Å²) in [5.74, 6) is 3.25. The Morgan fingerprint density at radius 1 is 0.844 bits per heavy atom. The Bertz CT molecular complexity index is 1060. The molecule has 0 aromatic heterocycles. The number of hydrogen-bond donors (Lipinski definition) is 0. The summed E-state index contributed by atoms with van der Waals surface area (Å²) >= 11 is 0. The molecule has 3 aromatic rings. The monoisotopic (exact) mass is 445 g/mol. The van der Waals surface area contributed by atoms with Crippen molar-refractivity contribution >= 4 is 10.9 Å². The van der Waals surface area contributed by atoms with E-state index in [0.29, 0.717) is 11.7 Å². The molecule has 3 fully saturated rings. The van der Waals surface area contributed by atoms with Crippen LogP contribution >= 0.6 is 0 Å². The molecule has 3 saturated carbocycles. The Hall–Kier alpha value is -2.26. The van der Waals surface area contributed by atoms with Crippen LogP contribution in [0.5, 0.6) is 5.75 Å². The summed E-state index contributed by atoms with van der Waals surface area (Å²) < 4.78 is 22.0. The second-order valence-corrected chi connectivity index (χ2v) is 12.0. The number of hydrogen-bond acceptors (Lipinski definition) is 1. The first kappa shape index (κ1) is 20.4. The molecule has 164 valence electrons. The molecule has 0 heterocycles. The lowest BCUT2D eigenvalue weighted by molar-refractivity contribution is -0.00967. The summed E-state index contributed by atoms with van der Waals surface area (Å²) in [5, 5.41) is 0. The van der Waals surface area contributed by atoms with E-state index in [1.165, 1.54) is 35.5 Å². The highest BCUT2D eigenvalue weighted by Gasteiger charge is 2.60. The van der Waals surface area contributed by atoms with Crippen LogP contribution in [-0.4, -0.2) is 5.60 Å². The molecule has 3 aliphatic rings. The summed E-state index contributed by atoms with van der Waals surface area (Å²) in [4.78, 5) is 3.37. The minimum Gasteiger partial charge on any atom is -0.484 e. The van der Waals surface area contributed by atoms with E-state index in [9.17, 15) is 0 Å². The van der Waals surface area contributed by atoms with Crippen LogP contribution in [-0.2, 0) is 10.9 Å². The smallest absolute Gasteiger partial charge is 0.170 e. The zero-order chi connectivity index (χ0) is 21.7. The maximum Gasteiger partial charge on any atom is 0.170 e. The Morgan fingerprint density at radius 2 is 1.50 bits per heavy atom. The Morgan fingerprint density at radius 3 is 2.16 bits per heavy atom. The average Bonchev–Trinajstić information content (AvgIpc) is 3.50. The van der Waals surface area contributed by atoms with Crippen LogP contribution < -0.4 is 4.74 Å². The lowest BCUT2D eigenvalue weighted by atomic mass is 9.73. The van der Waals surface area contributed by atoms with E-state index in [4.69, 9.17) is 4.74 Å². The Balaban J connectivity index is 1.30. The van der Waals surface area contributed by atoms with Gasteiger partial charge in [-0.25, -0.2) is 4.39 Å². The molecule has 3 aromatic carbocycles. The highest BCUT2D eigenvalue weighted by atomic mass is 32.2. The molecule has 3 aliphatic carbocycles. The van der Waals surface area contributed by atoms with Gasteiger partial charge in [-0.3, -0.25) is 0 Å². The minimum atomic E-state index is -0.348. The van der Waals surface area contributed by atoms with Crippen molar-refractivity contribution in [1.29, 1.82) is 0 Å². The molecule has 0 radical (unpaired) electrons. The van der Waals surface area contributed by atoms with E-state index in [-0.39, 0.29) is 22.3 Å². The minimum absolute atomic E-state index is 0.223. The van der Waals surface area contributed by atoms with Gasteiger partial charge in [-0.05, 0) is 86.8 Å². The van der Waals surface area contributed by atoms with E-state index in [1.807, 2.05) is 18.2 Å². The maximum absolute atomic E-state index is 15.5. The number of halogens is 1. The SMILES string of the molecule is CC1(Oc2ccc([S+](c3ccccc3)c3ccccc3)cc2F)CC2CC1C1CCCC21. The summed E-state index contributed by atoms with van der Waals surface area (Å²) in [6.07, 6.45) is 6.45. The van der Waals surface area contributed by atoms with E-state index >= 15 is 4.39 Å². The fourth-order valence-corrected chi connectivity index (χ4v) is 9.07. The van der Waals surface area contributed by atoms with Crippen molar-refractivity contribution in [3.8, 4) is 5.75 Å². The standard InChI is InChI=1S/C29H30FOS/c1-29(19-20-17-26(29)25-14-8-13-24(20)25)31-28-16-15-23(18-27(28)30)32(21-9-4-2-5-10-21)22-11-6-3-7-12-22/h2-7,9-12,15-16,18,20,24-26H,8,13-14,17,19H2,1H3/q+1. The van der Waals surface area contributed by atoms with Crippen LogP contribution in [0.15, 0.2) is 93.5 Å². The van der Waals surface area contributed by atoms with Crippen molar-refractivity contribution in [3.05, 3.63) is 84.7 Å². The molecule has 0 amide bonds. The van der Waals surface area contributed by atoms with Gasteiger partial charge in [-0.15, -0.1) is 0 Å². The van der Waals surface area contributed by atoms with Crippen LogP contribution in [0.2, 0.25) is 0 Å². The quantitative estimate of drug-likeness (QED) is 0.369. The first-order valence-electron chi connectivity index (χ1n) is 12.0. The van der Waals surface area contributed by atoms with Crippen LogP contribution in [0, 0.1) is 29.5 Å². The molecule has 1 nitrogen and oxygen atoms in total. The topological polar surface area (TPSA) is 9.23 Å². The third-order valence-electron chi connectivity index (χ3n) is 8.20. The van der Waals surface area contributed by atoms with E-state index in [1.54, 1.807) is 6.07 Å². The Kier molecular flexibility index (Phi) is 5.06. The van der Waals surface area contributed by atoms with Gasteiger partial charge in [0.25, 0.3) is 0 Å². The summed E-state index contributed by atoms with van der Waals surface area (Å²) in [5.41, 5.74) is -0.223. The zero-order valence-corrected chi connectivity index (χ0v) is 19.4. The normalized spacial score (nSPS) is 30.6. The average molecular weight is 446 g/mol. The van der Waals surface area contributed by atoms with Gasteiger partial charge in [0.05, 0.1) is 10.9 Å². The Labute approximate surface area is 193 Å². The highest BCUT2D eigenvalue weighted by molar-refractivity contribution is 7.97. The van der Waals surface area contributed by atoms with Crippen LogP contribution in [0.1, 0.15) is 39.0 Å². The molecule has 0 spiro atoms. The van der Waals surface area contributed by atoms with Gasteiger partial charge in [-0.2, -0.15) is 0 Å². The molecule has 6 rings (SSSR count). The van der Waals surface area contributed by atoms with Crippen molar-refractivity contribution in [1.82, 2.24) is 0 Å². The van der Waals surface area contributed by atoms with Gasteiger partial charge < -0.3 is 4.74 Å². The van der Waals surface area contributed by atoms with Crippen molar-refractivity contribution in [2.75, 3.05) is 0 Å². The molecule has 3 heteroatoms. The largest absolute Gasteiger partial charge is 0.484 e. The van der Waals surface area contributed by atoms with Gasteiger partial charge >= 0.3 is 0 Å². The van der Waals surface area contributed by atoms with Gasteiger partial charge in [0.1, 0.15) is 5.60 Å². The van der Waals surface area contributed by atoms with Crippen molar-refractivity contribution in [2.45, 2.75) is 59.3 Å². The number of ether oxygens (including phenoxy) is 1. The van der Waals surface area contributed by atoms with Gasteiger partial charge in [0.2, 0.25) is 0 Å². The summed E-state index contributed by atoms with van der Waals surface area (Å²) in [6, 6.07) is 26.4. The van der Waals surface area contributed by atoms with E-state index in [0.717, 1.165) is 29.1 Å². The first-order chi connectivity index (χ1) is 15.6. The van der Waals surface area contributed by atoms with Crippen LogP contribution in [0.4, 0.5) is 4.39 Å². The fourth-order valence-electron chi connectivity index (χ4n) is 6.97. The van der Waals surface area contributed by atoms with Crippen molar-refractivity contribution in [3.63, 3.8) is 0 Å². The molecule has 2 bridgehead atoms. The second kappa shape index (κ2) is 7.95. The molecular weight excluding hydrogens is 415 g/mol. The third-order valence-corrected chi connectivity index (χ3v) is 10.4. The molecule has 0 N–H and O–H groups in total. The van der Waals surface area contributed by atoms with Gasteiger partial charge in [0, 0.05) is 12.0 Å². The third kappa shape index (κ3) is 3.37. The van der Waals surface area contributed by atoms with Crippen molar-refractivity contribution < 1.29 is 9.13 Å². The second-order valence-electron chi connectivity index (χ2n) is 10.0. The molecule has 0 saturated heterocycles. The van der Waals surface area contributed by atoms with Gasteiger partial charge in [0.15, 0.2) is 26.3 Å². The molecule has 0 aliphatic heterocycles. The van der Waals surface area contributed by atoms with Crippen LogP contribution in [0.25, 0.3) is 0 Å². The summed E-state index contributed by atoms with van der Waals surface area (Å²) in [7, 11) is -0.348. The fraction of sp³-hybridized carbons (Fsp3) is 0.379.